The maximum atomic E-state index is 10.3. The van der Waals surface area contributed by atoms with Crippen LogP contribution in [0.25, 0.3) is 6.08 Å². The zero-order chi connectivity index (χ0) is 8.97. The summed E-state index contributed by atoms with van der Waals surface area (Å²) in [7, 11) is 0. The molecule has 12 heavy (non-hydrogen) atoms. The van der Waals surface area contributed by atoms with E-state index in [1.165, 1.54) is 18.6 Å². The molecule has 0 aliphatic heterocycles. The van der Waals surface area contributed by atoms with E-state index in [-0.39, 0.29) is 5.57 Å². The monoisotopic (exact) mass is 163 g/mol. The van der Waals surface area contributed by atoms with Crippen LogP contribution in [0.15, 0.2) is 28.6 Å². The summed E-state index contributed by atoms with van der Waals surface area (Å²) >= 11 is 0. The highest BCUT2D eigenvalue weighted by molar-refractivity contribution is 5.96. The minimum absolute atomic E-state index is 0.309. The molecule has 1 heterocycles. The lowest BCUT2D eigenvalue weighted by Gasteiger charge is -1.86. The Morgan fingerprint density at radius 1 is 1.75 bits per heavy atom. The van der Waals surface area contributed by atoms with Crippen molar-refractivity contribution >= 4 is 12.0 Å². The fraction of sp³-hybridized carbons (Fsp3) is 0. The number of furan rings is 1. The Balaban J connectivity index is 2.95. The second-order valence-corrected chi connectivity index (χ2v) is 2.03. The average molecular weight is 163 g/mol. The highest BCUT2D eigenvalue weighted by atomic mass is 16.4. The van der Waals surface area contributed by atoms with Gasteiger partial charge < -0.3 is 9.52 Å². The minimum atomic E-state index is -1.24. The quantitative estimate of drug-likeness (QED) is 0.526. The molecule has 1 aromatic heterocycles. The van der Waals surface area contributed by atoms with E-state index in [1.54, 1.807) is 12.1 Å². The lowest BCUT2D eigenvalue weighted by molar-refractivity contribution is -0.132. The summed E-state index contributed by atoms with van der Waals surface area (Å²) in [4.78, 5) is 10.3. The van der Waals surface area contributed by atoms with E-state index >= 15 is 0 Å². The molecule has 0 saturated heterocycles. The average Bonchev–Trinajstić information content (AvgIpc) is 2.51. The van der Waals surface area contributed by atoms with Crippen molar-refractivity contribution in [2.45, 2.75) is 0 Å². The summed E-state index contributed by atoms with van der Waals surface area (Å²) in [5.41, 5.74) is 0.255. The van der Waals surface area contributed by atoms with Crippen LogP contribution >= 0.6 is 0 Å². The van der Waals surface area contributed by atoms with Crippen molar-refractivity contribution in [1.82, 2.24) is 0 Å². The number of carboxylic acids is 1. The molecule has 0 bridgehead atoms. The van der Waals surface area contributed by atoms with Crippen molar-refractivity contribution in [2.24, 2.45) is 0 Å². The van der Waals surface area contributed by atoms with Crippen LogP contribution < -0.4 is 0 Å². The summed E-state index contributed by atoms with van der Waals surface area (Å²) in [5.74, 6) is -1.24. The molecule has 4 nitrogen and oxygen atoms in total. The fourth-order valence-electron chi connectivity index (χ4n) is 0.666. The third-order valence-corrected chi connectivity index (χ3v) is 1.21. The van der Waals surface area contributed by atoms with Crippen LogP contribution in [0.1, 0.15) is 5.56 Å². The first-order valence-corrected chi connectivity index (χ1v) is 3.11. The summed E-state index contributed by atoms with van der Waals surface area (Å²) in [6, 6.07) is 3.13. The summed E-state index contributed by atoms with van der Waals surface area (Å²) in [6.07, 6.45) is 4.01. The van der Waals surface area contributed by atoms with Crippen LogP contribution in [-0.2, 0) is 4.79 Å². The molecule has 0 spiro atoms. The van der Waals surface area contributed by atoms with Crippen LogP contribution in [0.3, 0.4) is 0 Å². The molecule has 0 amide bonds. The second kappa shape index (κ2) is 3.39. The smallest absolute Gasteiger partial charge is 0.346 e. The van der Waals surface area contributed by atoms with Gasteiger partial charge in [-0.15, -0.1) is 0 Å². The number of aliphatic carboxylic acids is 1. The Labute approximate surface area is 68.3 Å². The molecular formula is C8H5NO3. The number of rotatable bonds is 2. The van der Waals surface area contributed by atoms with Gasteiger partial charge in [0.05, 0.1) is 12.5 Å². The molecular weight excluding hydrogens is 158 g/mol. The van der Waals surface area contributed by atoms with Gasteiger partial charge >= 0.3 is 5.97 Å². The molecule has 0 unspecified atom stereocenters. The number of carbonyl (C=O) groups is 1. The number of carboxylic acid groups (broad SMARTS) is 1. The first-order valence-electron chi connectivity index (χ1n) is 3.11. The van der Waals surface area contributed by atoms with E-state index in [4.69, 9.17) is 14.8 Å². The first kappa shape index (κ1) is 8.08. The molecule has 0 saturated carbocycles. The van der Waals surface area contributed by atoms with Gasteiger partial charge in [0.25, 0.3) is 0 Å². The summed E-state index contributed by atoms with van der Waals surface area (Å²) in [6.45, 7) is 0. The van der Waals surface area contributed by atoms with Crippen LogP contribution in [-0.4, -0.2) is 11.1 Å². The number of hydrogen-bond acceptors (Lipinski definition) is 3. The van der Waals surface area contributed by atoms with E-state index in [2.05, 4.69) is 0 Å². The van der Waals surface area contributed by atoms with E-state index in [0.717, 1.165) is 0 Å². The van der Waals surface area contributed by atoms with Gasteiger partial charge in [-0.3, -0.25) is 0 Å². The van der Waals surface area contributed by atoms with Crippen LogP contribution in [0.5, 0.6) is 0 Å². The maximum Gasteiger partial charge on any atom is 0.346 e. The SMILES string of the molecule is N#CC(=Cc1ccoc1)C(=O)O. The second-order valence-electron chi connectivity index (χ2n) is 2.03. The molecule has 1 rings (SSSR count). The topological polar surface area (TPSA) is 74.2 Å². The van der Waals surface area contributed by atoms with Crippen molar-refractivity contribution < 1.29 is 14.3 Å². The fourth-order valence-corrected chi connectivity index (χ4v) is 0.666. The van der Waals surface area contributed by atoms with Crippen molar-refractivity contribution in [3.8, 4) is 6.07 Å². The van der Waals surface area contributed by atoms with Gasteiger partial charge in [-0.05, 0) is 12.1 Å². The van der Waals surface area contributed by atoms with Crippen LogP contribution in [0.2, 0.25) is 0 Å². The Kier molecular flexibility index (Phi) is 2.29. The van der Waals surface area contributed by atoms with Crippen molar-refractivity contribution in [3.63, 3.8) is 0 Å². The Bertz CT molecular complexity index is 343. The normalized spacial score (nSPS) is 10.8. The third kappa shape index (κ3) is 1.73. The van der Waals surface area contributed by atoms with Gasteiger partial charge in [0, 0.05) is 5.56 Å². The predicted octanol–water partition coefficient (Wildman–Crippen LogP) is 1.27. The van der Waals surface area contributed by atoms with E-state index in [0.29, 0.717) is 5.56 Å². The number of nitriles is 1. The van der Waals surface area contributed by atoms with Crippen molar-refractivity contribution in [2.75, 3.05) is 0 Å². The minimum Gasteiger partial charge on any atom is -0.477 e. The Hall–Kier alpha value is -2.02. The molecule has 1 N–H and O–H groups in total. The molecule has 0 radical (unpaired) electrons. The van der Waals surface area contributed by atoms with Gasteiger partial charge in [0.1, 0.15) is 11.6 Å². The Morgan fingerprint density at radius 2 is 2.50 bits per heavy atom. The molecule has 1 aromatic rings. The van der Waals surface area contributed by atoms with Gasteiger partial charge in [-0.2, -0.15) is 5.26 Å². The number of nitrogens with zero attached hydrogens (tertiary/aromatic N) is 1. The predicted molar refractivity (Wildman–Crippen MR) is 39.9 cm³/mol. The highest BCUT2D eigenvalue weighted by Gasteiger charge is 2.05. The zero-order valence-electron chi connectivity index (χ0n) is 6.02. The van der Waals surface area contributed by atoms with Crippen LogP contribution in [0, 0.1) is 11.3 Å². The Morgan fingerprint density at radius 3 is 2.92 bits per heavy atom. The highest BCUT2D eigenvalue weighted by Crippen LogP contribution is 2.06. The molecule has 0 aromatic carbocycles. The first-order chi connectivity index (χ1) is 5.74. The lowest BCUT2D eigenvalue weighted by Crippen LogP contribution is -1.96. The van der Waals surface area contributed by atoms with Crippen molar-refractivity contribution in [1.29, 1.82) is 5.26 Å². The zero-order valence-corrected chi connectivity index (χ0v) is 6.02. The molecule has 60 valence electrons. The largest absolute Gasteiger partial charge is 0.477 e. The molecule has 0 aliphatic rings. The lowest BCUT2D eigenvalue weighted by atomic mass is 10.2. The van der Waals surface area contributed by atoms with Crippen molar-refractivity contribution in [3.05, 3.63) is 29.7 Å². The van der Waals surface area contributed by atoms with Crippen LogP contribution in [0.4, 0.5) is 0 Å². The van der Waals surface area contributed by atoms with E-state index in [1.807, 2.05) is 0 Å². The molecule has 0 atom stereocenters. The maximum absolute atomic E-state index is 10.3. The molecule has 4 heteroatoms. The standard InChI is InChI=1S/C8H5NO3/c9-4-7(8(10)11)3-6-1-2-12-5-6/h1-3,5H,(H,10,11). The third-order valence-electron chi connectivity index (χ3n) is 1.21. The van der Waals surface area contributed by atoms with E-state index < -0.39 is 5.97 Å². The van der Waals surface area contributed by atoms with Gasteiger partial charge in [-0.25, -0.2) is 4.79 Å². The molecule has 0 fully saturated rings. The van der Waals surface area contributed by atoms with Gasteiger partial charge in [0.15, 0.2) is 0 Å². The van der Waals surface area contributed by atoms with E-state index in [9.17, 15) is 4.79 Å². The van der Waals surface area contributed by atoms with Gasteiger partial charge in [0.2, 0.25) is 0 Å². The number of hydrogen-bond donors (Lipinski definition) is 1. The molecule has 0 aliphatic carbocycles. The summed E-state index contributed by atoms with van der Waals surface area (Å²) in [5, 5.41) is 16.8. The summed E-state index contributed by atoms with van der Waals surface area (Å²) < 4.78 is 4.69. The van der Waals surface area contributed by atoms with Gasteiger partial charge in [-0.1, -0.05) is 0 Å².